The summed E-state index contributed by atoms with van der Waals surface area (Å²) in [6.45, 7) is 0. The van der Waals surface area contributed by atoms with Crippen molar-refractivity contribution in [1.82, 2.24) is 14.8 Å². The minimum atomic E-state index is -0.487. The zero-order valence-corrected chi connectivity index (χ0v) is 25.9. The third-order valence-corrected chi connectivity index (χ3v) is 10.7. The summed E-state index contributed by atoms with van der Waals surface area (Å²) < 4.78 is 2.49. The Morgan fingerprint density at radius 3 is 1.81 bits per heavy atom. The van der Waals surface area contributed by atoms with Crippen molar-refractivity contribution in [1.29, 1.82) is 0 Å². The van der Waals surface area contributed by atoms with Crippen LogP contribution in [0.15, 0.2) is 164 Å². The van der Waals surface area contributed by atoms with E-state index >= 15 is 0 Å². The molecule has 7 aromatic carbocycles. The standard InChI is InChI=1S/C45H27N3/c1-2-14-30-28(12-1)13-11-18-33(30)41-25-24-40(46-47-41)29-26-35-34-17-5-9-22-42(34)48-43-23-10-8-21-38(43)45(39(27-29)44(35)48)36-19-6-3-15-31(36)32-16-4-7-20-37(32)45/h1-27H. The average Bonchev–Trinajstić information content (AvgIpc) is 3.65. The Morgan fingerprint density at radius 1 is 0.417 bits per heavy atom. The summed E-state index contributed by atoms with van der Waals surface area (Å²) in [6.07, 6.45) is 0. The van der Waals surface area contributed by atoms with Gasteiger partial charge >= 0.3 is 0 Å². The Morgan fingerprint density at radius 2 is 1.02 bits per heavy atom. The first-order valence-electron chi connectivity index (χ1n) is 16.5. The van der Waals surface area contributed by atoms with Gasteiger partial charge in [0.05, 0.1) is 33.5 Å². The molecule has 3 heterocycles. The van der Waals surface area contributed by atoms with Gasteiger partial charge in [0.25, 0.3) is 0 Å². The van der Waals surface area contributed by atoms with Crippen LogP contribution in [-0.2, 0) is 5.41 Å². The summed E-state index contributed by atoms with van der Waals surface area (Å²) in [5, 5.41) is 14.6. The fourth-order valence-electron chi connectivity index (χ4n) is 8.81. The van der Waals surface area contributed by atoms with Gasteiger partial charge in [-0.3, -0.25) is 0 Å². The highest BCUT2D eigenvalue weighted by Crippen LogP contribution is 2.61. The van der Waals surface area contributed by atoms with Crippen molar-refractivity contribution < 1.29 is 0 Å². The fraction of sp³-hybridized carbons (Fsp3) is 0.0222. The van der Waals surface area contributed by atoms with Crippen LogP contribution in [0.25, 0.3) is 71.9 Å². The first-order chi connectivity index (χ1) is 23.8. The van der Waals surface area contributed by atoms with Crippen LogP contribution in [0.1, 0.15) is 22.3 Å². The van der Waals surface area contributed by atoms with E-state index < -0.39 is 5.41 Å². The molecule has 0 atom stereocenters. The van der Waals surface area contributed by atoms with E-state index in [1.54, 1.807) is 0 Å². The van der Waals surface area contributed by atoms with E-state index in [1.807, 2.05) is 0 Å². The maximum absolute atomic E-state index is 4.91. The zero-order chi connectivity index (χ0) is 31.4. The summed E-state index contributed by atoms with van der Waals surface area (Å²) >= 11 is 0. The molecular weight excluding hydrogens is 583 g/mol. The fourth-order valence-corrected chi connectivity index (χ4v) is 8.81. The van der Waals surface area contributed by atoms with Crippen LogP contribution in [0.5, 0.6) is 0 Å². The first kappa shape index (κ1) is 25.8. The summed E-state index contributed by atoms with van der Waals surface area (Å²) in [5.74, 6) is 0. The predicted octanol–water partition coefficient (Wildman–Crippen LogP) is 10.7. The molecule has 11 rings (SSSR count). The largest absolute Gasteiger partial charge is 0.309 e. The van der Waals surface area contributed by atoms with Gasteiger partial charge in [0.2, 0.25) is 0 Å². The third-order valence-electron chi connectivity index (χ3n) is 10.7. The number of aromatic nitrogens is 3. The topological polar surface area (TPSA) is 30.7 Å². The number of hydrogen-bond donors (Lipinski definition) is 0. The van der Waals surface area contributed by atoms with Gasteiger partial charge in [0.15, 0.2) is 0 Å². The quantitative estimate of drug-likeness (QED) is 0.195. The molecule has 1 aliphatic carbocycles. The van der Waals surface area contributed by atoms with E-state index in [-0.39, 0.29) is 0 Å². The van der Waals surface area contributed by atoms with Gasteiger partial charge in [0, 0.05) is 21.9 Å². The van der Waals surface area contributed by atoms with E-state index in [0.29, 0.717) is 0 Å². The molecule has 2 aliphatic rings. The lowest BCUT2D eigenvalue weighted by Gasteiger charge is -2.39. The van der Waals surface area contributed by atoms with Gasteiger partial charge in [-0.2, -0.15) is 0 Å². The second-order valence-electron chi connectivity index (χ2n) is 13.0. The van der Waals surface area contributed by atoms with Crippen molar-refractivity contribution in [3.8, 4) is 39.3 Å². The molecule has 0 radical (unpaired) electrons. The Labute approximate surface area is 277 Å². The molecule has 2 aromatic heterocycles. The van der Waals surface area contributed by atoms with Gasteiger partial charge in [-0.25, -0.2) is 0 Å². The van der Waals surface area contributed by atoms with Crippen LogP contribution in [0.4, 0.5) is 0 Å². The van der Waals surface area contributed by atoms with Crippen molar-refractivity contribution >= 4 is 32.6 Å². The lowest BCUT2D eigenvalue weighted by molar-refractivity contribution is 0.748. The molecular formula is C45H27N3. The lowest BCUT2D eigenvalue weighted by atomic mass is 9.65. The Kier molecular flexibility index (Phi) is 5.04. The predicted molar refractivity (Wildman–Crippen MR) is 196 cm³/mol. The molecule has 0 unspecified atom stereocenters. The van der Waals surface area contributed by atoms with Gasteiger partial charge in [-0.1, -0.05) is 127 Å². The van der Waals surface area contributed by atoms with Gasteiger partial charge < -0.3 is 4.57 Å². The van der Waals surface area contributed by atoms with Gasteiger partial charge in [0.1, 0.15) is 0 Å². The number of fused-ring (bicyclic) bond motifs is 13. The highest BCUT2D eigenvalue weighted by molar-refractivity contribution is 6.14. The number of para-hydroxylation sites is 2. The molecule has 222 valence electrons. The number of hydrogen-bond acceptors (Lipinski definition) is 2. The van der Waals surface area contributed by atoms with Crippen LogP contribution in [0.3, 0.4) is 0 Å². The highest BCUT2D eigenvalue weighted by Gasteiger charge is 2.50. The Balaban J connectivity index is 1.24. The number of nitrogens with zero attached hydrogens (tertiary/aromatic N) is 3. The van der Waals surface area contributed by atoms with Crippen LogP contribution in [0, 0.1) is 0 Å². The summed E-state index contributed by atoms with van der Waals surface area (Å²) in [7, 11) is 0. The van der Waals surface area contributed by atoms with Crippen molar-refractivity contribution in [2.75, 3.05) is 0 Å². The van der Waals surface area contributed by atoms with Crippen LogP contribution < -0.4 is 0 Å². The number of rotatable bonds is 2. The molecule has 0 N–H and O–H groups in total. The minimum Gasteiger partial charge on any atom is -0.309 e. The monoisotopic (exact) mass is 609 g/mol. The van der Waals surface area contributed by atoms with E-state index in [9.17, 15) is 0 Å². The second kappa shape index (κ2) is 9.37. The maximum Gasteiger partial charge on any atom is 0.0936 e. The Bertz CT molecular complexity index is 2740. The van der Waals surface area contributed by atoms with Crippen molar-refractivity contribution in [3.63, 3.8) is 0 Å². The minimum absolute atomic E-state index is 0.487. The molecule has 1 spiro atoms. The van der Waals surface area contributed by atoms with E-state index in [2.05, 4.69) is 168 Å². The van der Waals surface area contributed by atoms with E-state index in [1.165, 1.54) is 71.6 Å². The van der Waals surface area contributed by atoms with Crippen molar-refractivity contribution in [2.45, 2.75) is 5.41 Å². The van der Waals surface area contributed by atoms with Crippen molar-refractivity contribution in [2.24, 2.45) is 0 Å². The SMILES string of the molecule is c1ccc2c(c1)-c1ccccc1C21c2ccccc2-n2c3ccccc3c3cc(-c4ccc(-c5cccc6ccccc56)nn4)cc1c32. The van der Waals surface area contributed by atoms with E-state index in [4.69, 9.17) is 10.2 Å². The summed E-state index contributed by atoms with van der Waals surface area (Å²) in [6, 6.07) is 59.6. The van der Waals surface area contributed by atoms with Gasteiger partial charge in [-0.05, 0) is 80.6 Å². The van der Waals surface area contributed by atoms with Crippen molar-refractivity contribution in [3.05, 3.63) is 186 Å². The summed E-state index contributed by atoms with van der Waals surface area (Å²) in [5.41, 5.74) is 14.9. The molecule has 0 amide bonds. The molecule has 1 aliphatic heterocycles. The normalized spacial score (nSPS) is 13.6. The smallest absolute Gasteiger partial charge is 0.0936 e. The molecule has 0 saturated carbocycles. The average molecular weight is 610 g/mol. The molecule has 48 heavy (non-hydrogen) atoms. The zero-order valence-electron chi connectivity index (χ0n) is 25.9. The van der Waals surface area contributed by atoms with E-state index in [0.717, 1.165) is 22.5 Å². The number of benzene rings is 7. The summed E-state index contributed by atoms with van der Waals surface area (Å²) in [4.78, 5) is 0. The third kappa shape index (κ3) is 3.18. The molecule has 3 heteroatoms. The molecule has 0 fully saturated rings. The van der Waals surface area contributed by atoms with Crippen LogP contribution in [0.2, 0.25) is 0 Å². The second-order valence-corrected chi connectivity index (χ2v) is 13.0. The maximum atomic E-state index is 4.91. The highest BCUT2D eigenvalue weighted by atomic mass is 15.1. The Hall–Kier alpha value is -6.32. The first-order valence-corrected chi connectivity index (χ1v) is 16.5. The van der Waals surface area contributed by atoms with Crippen LogP contribution in [-0.4, -0.2) is 14.8 Å². The molecule has 0 saturated heterocycles. The van der Waals surface area contributed by atoms with Crippen LogP contribution >= 0.6 is 0 Å². The molecule has 9 aromatic rings. The molecule has 0 bridgehead atoms. The molecule has 3 nitrogen and oxygen atoms in total. The van der Waals surface area contributed by atoms with Gasteiger partial charge in [-0.15, -0.1) is 10.2 Å². The lowest BCUT2D eigenvalue weighted by Crippen LogP contribution is -2.33.